The fourth-order valence-electron chi connectivity index (χ4n) is 3.31. The highest BCUT2D eigenvalue weighted by molar-refractivity contribution is 7.99. The standard InChI is InChI=1S/C23H18N2O2S/c24-14-18-10-4-6-12-21(18)27-15-23(26)25-19-11-5-7-13-22(19)28-16-20(25)17-8-2-1-3-9-17/h1-13,20H,15-16H2. The molecule has 0 aliphatic carbocycles. The van der Waals surface area contributed by atoms with E-state index in [9.17, 15) is 10.1 Å². The van der Waals surface area contributed by atoms with Crippen molar-refractivity contribution >= 4 is 23.4 Å². The number of benzene rings is 3. The Hall–Kier alpha value is -3.23. The van der Waals surface area contributed by atoms with Crippen LogP contribution in [0.5, 0.6) is 5.75 Å². The number of rotatable bonds is 4. The van der Waals surface area contributed by atoms with Crippen LogP contribution in [0.25, 0.3) is 0 Å². The second kappa shape index (κ2) is 8.20. The van der Waals surface area contributed by atoms with Crippen LogP contribution in [0.1, 0.15) is 17.2 Å². The zero-order valence-corrected chi connectivity index (χ0v) is 15.9. The predicted octanol–water partition coefficient (Wildman–Crippen LogP) is 4.82. The van der Waals surface area contributed by atoms with Gasteiger partial charge in [-0.1, -0.05) is 54.6 Å². The lowest BCUT2D eigenvalue weighted by Gasteiger charge is -2.37. The third kappa shape index (κ3) is 3.60. The number of anilines is 1. The van der Waals surface area contributed by atoms with E-state index in [1.54, 1.807) is 36.0 Å². The van der Waals surface area contributed by atoms with E-state index in [4.69, 9.17) is 4.74 Å². The maximum Gasteiger partial charge on any atom is 0.265 e. The maximum atomic E-state index is 13.2. The van der Waals surface area contributed by atoms with Gasteiger partial charge in [0.2, 0.25) is 0 Å². The van der Waals surface area contributed by atoms with E-state index in [0.717, 1.165) is 21.9 Å². The molecule has 1 aliphatic heterocycles. The summed E-state index contributed by atoms with van der Waals surface area (Å²) in [5.74, 6) is 1.07. The first-order valence-electron chi connectivity index (χ1n) is 8.98. The van der Waals surface area contributed by atoms with Crippen LogP contribution in [-0.2, 0) is 4.79 Å². The molecule has 4 rings (SSSR count). The number of hydrogen-bond acceptors (Lipinski definition) is 4. The number of hydrogen-bond donors (Lipinski definition) is 0. The Morgan fingerprint density at radius 3 is 2.57 bits per heavy atom. The first-order chi connectivity index (χ1) is 13.8. The molecule has 1 unspecified atom stereocenters. The van der Waals surface area contributed by atoms with Gasteiger partial charge in [-0.25, -0.2) is 0 Å². The molecule has 138 valence electrons. The predicted molar refractivity (Wildman–Crippen MR) is 110 cm³/mol. The Balaban J connectivity index is 1.63. The smallest absolute Gasteiger partial charge is 0.265 e. The molecule has 0 saturated heterocycles. The summed E-state index contributed by atoms with van der Waals surface area (Å²) >= 11 is 1.76. The minimum absolute atomic E-state index is 0.0663. The lowest BCUT2D eigenvalue weighted by atomic mass is 10.1. The van der Waals surface area contributed by atoms with Crippen LogP contribution in [0.4, 0.5) is 5.69 Å². The highest BCUT2D eigenvalue weighted by Gasteiger charge is 2.32. The van der Waals surface area contributed by atoms with Crippen LogP contribution in [0, 0.1) is 11.3 Å². The first-order valence-corrected chi connectivity index (χ1v) is 9.97. The molecule has 5 heteroatoms. The summed E-state index contributed by atoms with van der Waals surface area (Å²) in [5, 5.41) is 9.23. The van der Waals surface area contributed by atoms with Crippen LogP contribution in [-0.4, -0.2) is 18.3 Å². The second-order valence-corrected chi connectivity index (χ2v) is 7.43. The molecule has 3 aromatic carbocycles. The summed E-state index contributed by atoms with van der Waals surface area (Å²) in [6.07, 6.45) is 0. The van der Waals surface area contributed by atoms with Gasteiger partial charge in [0, 0.05) is 10.6 Å². The van der Waals surface area contributed by atoms with Crippen molar-refractivity contribution in [2.75, 3.05) is 17.3 Å². The summed E-state index contributed by atoms with van der Waals surface area (Å²) < 4.78 is 5.72. The number of thioether (sulfide) groups is 1. The van der Waals surface area contributed by atoms with E-state index in [0.29, 0.717) is 11.3 Å². The van der Waals surface area contributed by atoms with Gasteiger partial charge in [0.15, 0.2) is 6.61 Å². The quantitative estimate of drug-likeness (QED) is 0.645. The molecule has 0 aromatic heterocycles. The van der Waals surface area contributed by atoms with Gasteiger partial charge in [-0.15, -0.1) is 11.8 Å². The van der Waals surface area contributed by atoms with Gasteiger partial charge in [0.05, 0.1) is 17.3 Å². The topological polar surface area (TPSA) is 53.3 Å². The molecule has 0 bridgehead atoms. The molecular formula is C23H18N2O2S. The van der Waals surface area contributed by atoms with Crippen molar-refractivity contribution in [3.05, 3.63) is 90.0 Å². The molecule has 0 saturated carbocycles. The van der Waals surface area contributed by atoms with E-state index in [1.807, 2.05) is 59.5 Å². The third-order valence-corrected chi connectivity index (χ3v) is 5.78. The van der Waals surface area contributed by atoms with Crippen molar-refractivity contribution in [3.63, 3.8) is 0 Å². The maximum absolute atomic E-state index is 13.2. The SMILES string of the molecule is N#Cc1ccccc1OCC(=O)N1c2ccccc2SCC1c1ccccc1. The molecule has 0 radical (unpaired) electrons. The number of para-hydroxylation sites is 2. The summed E-state index contributed by atoms with van der Waals surface area (Å²) in [6, 6.07) is 27.0. The van der Waals surface area contributed by atoms with Crippen LogP contribution in [0.3, 0.4) is 0 Å². The zero-order valence-electron chi connectivity index (χ0n) is 15.1. The summed E-state index contributed by atoms with van der Waals surface area (Å²) in [4.78, 5) is 16.1. The lowest BCUT2D eigenvalue weighted by Crippen LogP contribution is -2.41. The number of carbonyl (C=O) groups is 1. The molecule has 0 N–H and O–H groups in total. The Kier molecular flexibility index (Phi) is 5.31. The number of carbonyl (C=O) groups excluding carboxylic acids is 1. The summed E-state index contributed by atoms with van der Waals surface area (Å²) in [7, 11) is 0. The fraction of sp³-hybridized carbons (Fsp3) is 0.130. The molecule has 1 amide bonds. The second-order valence-electron chi connectivity index (χ2n) is 6.37. The van der Waals surface area contributed by atoms with Gasteiger partial charge in [0.1, 0.15) is 11.8 Å². The molecule has 1 atom stereocenters. The van der Waals surface area contributed by atoms with Crippen LogP contribution in [0.15, 0.2) is 83.8 Å². The number of nitrogens with zero attached hydrogens (tertiary/aromatic N) is 2. The molecular weight excluding hydrogens is 368 g/mol. The minimum atomic E-state index is -0.130. The normalized spacial score (nSPS) is 15.4. The van der Waals surface area contributed by atoms with Gasteiger partial charge in [0.25, 0.3) is 5.91 Å². The van der Waals surface area contributed by atoms with Crippen molar-refractivity contribution in [1.29, 1.82) is 5.26 Å². The molecule has 3 aromatic rings. The van der Waals surface area contributed by atoms with E-state index in [2.05, 4.69) is 6.07 Å². The third-order valence-electron chi connectivity index (χ3n) is 4.64. The van der Waals surface area contributed by atoms with Crippen molar-refractivity contribution < 1.29 is 9.53 Å². The van der Waals surface area contributed by atoms with E-state index in [1.165, 1.54) is 0 Å². The Bertz CT molecular complexity index is 1030. The lowest BCUT2D eigenvalue weighted by molar-refractivity contribution is -0.121. The van der Waals surface area contributed by atoms with Crippen molar-refractivity contribution in [2.24, 2.45) is 0 Å². The number of amides is 1. The van der Waals surface area contributed by atoms with Gasteiger partial charge in [-0.05, 0) is 29.8 Å². The van der Waals surface area contributed by atoms with Gasteiger partial charge < -0.3 is 4.74 Å². The molecule has 4 nitrogen and oxygen atoms in total. The van der Waals surface area contributed by atoms with Gasteiger partial charge in [-0.3, -0.25) is 9.69 Å². The monoisotopic (exact) mass is 386 g/mol. The Morgan fingerprint density at radius 1 is 1.04 bits per heavy atom. The average Bonchev–Trinajstić information content (AvgIpc) is 2.77. The van der Waals surface area contributed by atoms with Crippen molar-refractivity contribution in [3.8, 4) is 11.8 Å². The Labute approximate surface area is 168 Å². The van der Waals surface area contributed by atoms with E-state index < -0.39 is 0 Å². The molecule has 0 spiro atoms. The summed E-state index contributed by atoms with van der Waals surface area (Å²) in [5.41, 5.74) is 2.41. The first kappa shape index (κ1) is 18.1. The van der Waals surface area contributed by atoms with Crippen LogP contribution < -0.4 is 9.64 Å². The minimum Gasteiger partial charge on any atom is -0.482 e. The molecule has 1 heterocycles. The highest BCUT2D eigenvalue weighted by Crippen LogP contribution is 2.43. The molecule has 0 fully saturated rings. The van der Waals surface area contributed by atoms with Crippen LogP contribution in [0.2, 0.25) is 0 Å². The molecule has 28 heavy (non-hydrogen) atoms. The van der Waals surface area contributed by atoms with Crippen molar-refractivity contribution in [2.45, 2.75) is 10.9 Å². The van der Waals surface area contributed by atoms with Crippen LogP contribution >= 0.6 is 11.8 Å². The summed E-state index contributed by atoms with van der Waals surface area (Å²) in [6.45, 7) is -0.124. The number of nitriles is 1. The number of ether oxygens (including phenoxy) is 1. The zero-order chi connectivity index (χ0) is 19.3. The number of fused-ring (bicyclic) bond motifs is 1. The van der Waals surface area contributed by atoms with E-state index >= 15 is 0 Å². The average molecular weight is 386 g/mol. The van der Waals surface area contributed by atoms with E-state index in [-0.39, 0.29) is 18.6 Å². The molecule has 1 aliphatic rings. The highest BCUT2D eigenvalue weighted by atomic mass is 32.2. The fourth-order valence-corrected chi connectivity index (χ4v) is 4.48. The van der Waals surface area contributed by atoms with Gasteiger partial charge >= 0.3 is 0 Å². The Morgan fingerprint density at radius 2 is 1.75 bits per heavy atom. The van der Waals surface area contributed by atoms with Crippen molar-refractivity contribution in [1.82, 2.24) is 0 Å². The van der Waals surface area contributed by atoms with Gasteiger partial charge in [-0.2, -0.15) is 5.26 Å². The largest absolute Gasteiger partial charge is 0.482 e.